The Labute approximate surface area is 355 Å². The minimum absolute atomic E-state index is 0.0362. The summed E-state index contributed by atoms with van der Waals surface area (Å²) < 4.78 is 41.6. The van der Waals surface area contributed by atoms with Gasteiger partial charge in [0.05, 0.1) is 33.8 Å². The van der Waals surface area contributed by atoms with Gasteiger partial charge in [0.2, 0.25) is 0 Å². The molecule has 3 fully saturated rings. The molecule has 3 N–H and O–H groups in total. The quantitative estimate of drug-likeness (QED) is 0.0764. The zero-order valence-electron chi connectivity index (χ0n) is 34.2. The number of amides is 1. The Morgan fingerprint density at radius 1 is 1.00 bits per heavy atom. The second kappa shape index (κ2) is 16.7. The van der Waals surface area contributed by atoms with Crippen molar-refractivity contribution in [3.05, 3.63) is 124 Å². The van der Waals surface area contributed by atoms with Crippen LogP contribution in [0, 0.1) is 16.0 Å². The van der Waals surface area contributed by atoms with Crippen molar-refractivity contribution in [2.45, 2.75) is 106 Å². The molecule has 13 nitrogen and oxygen atoms in total. The number of ether oxygens (including phenoxy) is 2. The Morgan fingerprint density at radius 2 is 1.80 bits per heavy atom. The summed E-state index contributed by atoms with van der Waals surface area (Å²) in [6, 6.07) is 21.9. The molecule has 1 saturated heterocycles. The van der Waals surface area contributed by atoms with E-state index in [1.807, 2.05) is 12.1 Å². The van der Waals surface area contributed by atoms with Crippen LogP contribution in [0.3, 0.4) is 0 Å². The fourth-order valence-electron chi connectivity index (χ4n) is 9.46. The van der Waals surface area contributed by atoms with E-state index in [0.29, 0.717) is 55.1 Å². The summed E-state index contributed by atoms with van der Waals surface area (Å²) in [6.07, 6.45) is 15.8. The smallest absolute Gasteiger partial charge is 0.312 e. The molecule has 1 aliphatic heterocycles. The van der Waals surface area contributed by atoms with Gasteiger partial charge < -0.3 is 19.6 Å². The third kappa shape index (κ3) is 8.93. The van der Waals surface area contributed by atoms with Gasteiger partial charge in [0.15, 0.2) is 5.75 Å². The van der Waals surface area contributed by atoms with Crippen molar-refractivity contribution in [1.82, 2.24) is 19.6 Å². The largest absolute Gasteiger partial charge is 0.487 e. The van der Waals surface area contributed by atoms with Crippen LogP contribution in [-0.4, -0.2) is 64.0 Å². The number of sulfonamides is 1. The number of rotatable bonds is 13. The summed E-state index contributed by atoms with van der Waals surface area (Å²) >= 11 is 0. The van der Waals surface area contributed by atoms with E-state index in [4.69, 9.17) is 9.47 Å². The van der Waals surface area contributed by atoms with Crippen LogP contribution < -0.4 is 14.2 Å². The molecular weight excluding hydrogens is 795 g/mol. The standard InChI is InChI=1S/C47H51N5O8S/c1-47(54)21-18-30(19-22-47)29-59-43-17-15-37(27-42(43)52(55)56)61(57,58)50-46(53)40-16-12-33(26-44(40)60-36-25-34-20-23-48-45(34)49-28-36)31-10-13-35(14-11-31)51-24-4-7-41(51)39-6-3-2-5-38(39)32-8-9-32/h2-3,5-6,10,12,15-17,20,23,25-28,30,32,35,41,54H,4,7-9,11,13-14,18-19,21-22,24,29H2,1H3,(H,48,49)(H,50,53). The number of nitro benzene ring substituents is 1. The van der Waals surface area contributed by atoms with E-state index in [2.05, 4.69) is 49.9 Å². The molecular formula is C47H51N5O8S. The molecule has 14 heteroatoms. The van der Waals surface area contributed by atoms with Crippen molar-refractivity contribution in [2.24, 2.45) is 5.92 Å². The number of H-pyrrole nitrogens is 1. The van der Waals surface area contributed by atoms with Gasteiger partial charge in [-0.3, -0.25) is 19.8 Å². The number of pyridine rings is 1. The molecule has 3 aliphatic carbocycles. The number of nitro groups is 1. The SMILES string of the molecule is CC1(O)CCC(COc2ccc(S(=O)(=O)NC(=O)c3ccc(C4=CCC(N5CCCC5c5ccccc5C5CC5)CC4)cc3Oc3cnc4[nH]ccc4c3)cc2[N+](=O)[O-])CC1. The monoisotopic (exact) mass is 845 g/mol. The van der Waals surface area contributed by atoms with Crippen LogP contribution >= 0.6 is 0 Å². The number of nitrogens with zero attached hydrogens (tertiary/aromatic N) is 3. The number of nitrogens with one attached hydrogen (secondary N) is 2. The zero-order chi connectivity index (χ0) is 42.3. The first-order valence-electron chi connectivity index (χ1n) is 21.4. The summed E-state index contributed by atoms with van der Waals surface area (Å²) in [4.78, 5) is 35.0. The molecule has 3 aromatic carbocycles. The number of aromatic nitrogens is 2. The highest BCUT2D eigenvalue weighted by Crippen LogP contribution is 2.47. The molecule has 3 heterocycles. The molecule has 61 heavy (non-hydrogen) atoms. The summed E-state index contributed by atoms with van der Waals surface area (Å²) in [5.74, 6) is 0.257. The number of benzene rings is 3. The predicted molar refractivity (Wildman–Crippen MR) is 231 cm³/mol. The van der Waals surface area contributed by atoms with Gasteiger partial charge in [0, 0.05) is 29.7 Å². The summed E-state index contributed by atoms with van der Waals surface area (Å²) in [6.45, 7) is 3.07. The van der Waals surface area contributed by atoms with Gasteiger partial charge in [0.25, 0.3) is 15.9 Å². The van der Waals surface area contributed by atoms with Gasteiger partial charge in [-0.1, -0.05) is 36.4 Å². The van der Waals surface area contributed by atoms with E-state index in [1.165, 1.54) is 55.1 Å². The minimum atomic E-state index is -4.59. The van der Waals surface area contributed by atoms with Gasteiger partial charge in [-0.05, 0) is 155 Å². The van der Waals surface area contributed by atoms with Crippen molar-refractivity contribution < 1.29 is 32.7 Å². The normalized spacial score (nSPS) is 23.4. The van der Waals surface area contributed by atoms with Gasteiger partial charge in [0.1, 0.15) is 17.1 Å². The minimum Gasteiger partial charge on any atom is -0.487 e. The fourth-order valence-corrected chi connectivity index (χ4v) is 10.4. The molecule has 4 aliphatic rings. The lowest BCUT2D eigenvalue weighted by atomic mass is 9.80. The lowest BCUT2D eigenvalue weighted by Gasteiger charge is -2.36. The van der Waals surface area contributed by atoms with Gasteiger partial charge in [-0.25, -0.2) is 18.1 Å². The lowest BCUT2D eigenvalue weighted by Crippen LogP contribution is -2.36. The van der Waals surface area contributed by atoms with E-state index in [-0.39, 0.29) is 29.6 Å². The number of allylic oxidation sites excluding steroid dienone is 1. The molecule has 2 saturated carbocycles. The average Bonchev–Trinajstić information content (AvgIpc) is 3.79. The Hall–Kier alpha value is -5.57. The van der Waals surface area contributed by atoms with E-state index in [0.717, 1.165) is 48.4 Å². The number of hydrogen-bond acceptors (Lipinski definition) is 10. The number of aliphatic hydroxyl groups is 1. The van der Waals surface area contributed by atoms with Gasteiger partial charge >= 0.3 is 5.69 Å². The molecule has 1 amide bonds. The summed E-state index contributed by atoms with van der Waals surface area (Å²) in [5.41, 5.74) is 4.36. The van der Waals surface area contributed by atoms with Crippen molar-refractivity contribution in [2.75, 3.05) is 13.2 Å². The fraction of sp³-hybridized carbons (Fsp3) is 0.404. The Morgan fingerprint density at radius 3 is 2.56 bits per heavy atom. The maximum absolute atomic E-state index is 13.9. The van der Waals surface area contributed by atoms with Crippen LogP contribution in [0.2, 0.25) is 0 Å². The third-order valence-electron chi connectivity index (χ3n) is 13.0. The van der Waals surface area contributed by atoms with E-state index < -0.39 is 37.0 Å². The van der Waals surface area contributed by atoms with Crippen molar-refractivity contribution in [1.29, 1.82) is 0 Å². The van der Waals surface area contributed by atoms with Crippen LogP contribution in [0.4, 0.5) is 5.69 Å². The maximum atomic E-state index is 13.9. The highest BCUT2D eigenvalue weighted by atomic mass is 32.2. The molecule has 0 radical (unpaired) electrons. The van der Waals surface area contributed by atoms with Crippen molar-refractivity contribution in [3.8, 4) is 17.2 Å². The number of aromatic amines is 1. The predicted octanol–water partition coefficient (Wildman–Crippen LogP) is 9.35. The van der Waals surface area contributed by atoms with E-state index in [1.54, 1.807) is 31.3 Å². The molecule has 0 spiro atoms. The molecule has 2 atom stereocenters. The number of fused-ring (bicyclic) bond motifs is 1. The highest BCUT2D eigenvalue weighted by molar-refractivity contribution is 7.90. The summed E-state index contributed by atoms with van der Waals surface area (Å²) in [7, 11) is -4.59. The van der Waals surface area contributed by atoms with Gasteiger partial charge in [-0.2, -0.15) is 0 Å². The number of carbonyl (C=O) groups is 1. The van der Waals surface area contributed by atoms with Crippen LogP contribution in [0.25, 0.3) is 16.6 Å². The van der Waals surface area contributed by atoms with Crippen molar-refractivity contribution >= 4 is 38.2 Å². The molecule has 9 rings (SSSR count). The molecule has 2 unspecified atom stereocenters. The Kier molecular flexibility index (Phi) is 11.2. The first kappa shape index (κ1) is 40.8. The lowest BCUT2D eigenvalue weighted by molar-refractivity contribution is -0.386. The average molecular weight is 846 g/mol. The third-order valence-corrected chi connectivity index (χ3v) is 14.4. The summed E-state index contributed by atoms with van der Waals surface area (Å²) in [5, 5.41) is 23.2. The second-order valence-electron chi connectivity index (χ2n) is 17.4. The number of carbonyl (C=O) groups excluding carboxylic acids is 1. The Balaban J connectivity index is 0.942. The maximum Gasteiger partial charge on any atom is 0.312 e. The number of hydrogen-bond donors (Lipinski definition) is 3. The highest BCUT2D eigenvalue weighted by Gasteiger charge is 2.36. The van der Waals surface area contributed by atoms with Crippen LogP contribution in [-0.2, 0) is 10.0 Å². The van der Waals surface area contributed by atoms with Gasteiger partial charge in [-0.15, -0.1) is 0 Å². The second-order valence-corrected chi connectivity index (χ2v) is 19.1. The first-order valence-corrected chi connectivity index (χ1v) is 22.9. The zero-order valence-corrected chi connectivity index (χ0v) is 35.0. The van der Waals surface area contributed by atoms with E-state index in [9.17, 15) is 28.4 Å². The first-order chi connectivity index (χ1) is 29.4. The van der Waals surface area contributed by atoms with Crippen LogP contribution in [0.1, 0.15) is 117 Å². The molecule has 318 valence electrons. The van der Waals surface area contributed by atoms with Crippen LogP contribution in [0.15, 0.2) is 96.2 Å². The molecule has 2 aromatic heterocycles. The molecule has 0 bridgehead atoms. The number of likely N-dealkylation sites (tertiary alicyclic amines) is 1. The van der Waals surface area contributed by atoms with E-state index >= 15 is 0 Å². The topological polar surface area (TPSA) is 177 Å². The van der Waals surface area contributed by atoms with Crippen LogP contribution in [0.5, 0.6) is 17.2 Å². The van der Waals surface area contributed by atoms with Crippen molar-refractivity contribution in [3.63, 3.8) is 0 Å². The molecule has 5 aromatic rings. The Bertz CT molecular complexity index is 2610.